The van der Waals surface area contributed by atoms with Crippen LogP contribution in [0.5, 0.6) is 5.75 Å². The SMILES string of the molecule is CCOc1cccc(NC(=O)c2ccc(NC)c(C)c2)c1. The standard InChI is InChI=1S/C17H20N2O2/c1-4-21-15-7-5-6-14(11-15)19-17(20)13-8-9-16(18-3)12(2)10-13/h5-11,18H,4H2,1-3H3,(H,19,20). The molecule has 2 rings (SSSR count). The largest absolute Gasteiger partial charge is 0.494 e. The Morgan fingerprint density at radius 3 is 2.67 bits per heavy atom. The van der Waals surface area contributed by atoms with Crippen molar-refractivity contribution in [1.82, 2.24) is 0 Å². The summed E-state index contributed by atoms with van der Waals surface area (Å²) in [5.74, 6) is 0.617. The summed E-state index contributed by atoms with van der Waals surface area (Å²) in [4.78, 5) is 12.3. The number of ether oxygens (including phenoxy) is 1. The van der Waals surface area contributed by atoms with E-state index < -0.39 is 0 Å². The fraction of sp³-hybridized carbons (Fsp3) is 0.235. The van der Waals surface area contributed by atoms with E-state index in [0.717, 1.165) is 22.7 Å². The zero-order chi connectivity index (χ0) is 15.2. The van der Waals surface area contributed by atoms with Crippen molar-refractivity contribution in [3.05, 3.63) is 53.6 Å². The molecule has 0 aliphatic rings. The highest BCUT2D eigenvalue weighted by Crippen LogP contribution is 2.20. The van der Waals surface area contributed by atoms with Gasteiger partial charge in [0.1, 0.15) is 5.75 Å². The molecule has 0 unspecified atom stereocenters. The number of carbonyl (C=O) groups is 1. The number of anilines is 2. The zero-order valence-corrected chi connectivity index (χ0v) is 12.6. The van der Waals surface area contributed by atoms with Crippen LogP contribution in [-0.2, 0) is 0 Å². The van der Waals surface area contributed by atoms with Crippen LogP contribution in [0.25, 0.3) is 0 Å². The fourth-order valence-electron chi connectivity index (χ4n) is 2.12. The molecule has 0 bridgehead atoms. The van der Waals surface area contributed by atoms with Crippen LogP contribution in [0.4, 0.5) is 11.4 Å². The van der Waals surface area contributed by atoms with Crippen LogP contribution in [0.1, 0.15) is 22.8 Å². The quantitative estimate of drug-likeness (QED) is 0.880. The van der Waals surface area contributed by atoms with E-state index in [1.807, 2.05) is 57.3 Å². The minimum absolute atomic E-state index is 0.130. The second kappa shape index (κ2) is 6.79. The summed E-state index contributed by atoms with van der Waals surface area (Å²) >= 11 is 0. The second-order valence-electron chi connectivity index (χ2n) is 4.69. The predicted molar refractivity (Wildman–Crippen MR) is 86.3 cm³/mol. The van der Waals surface area contributed by atoms with E-state index in [0.29, 0.717) is 12.2 Å². The van der Waals surface area contributed by atoms with Gasteiger partial charge in [-0.2, -0.15) is 0 Å². The van der Waals surface area contributed by atoms with E-state index in [9.17, 15) is 4.79 Å². The number of carbonyl (C=O) groups excluding carboxylic acids is 1. The molecular weight excluding hydrogens is 264 g/mol. The van der Waals surface area contributed by atoms with Gasteiger partial charge in [0.05, 0.1) is 6.61 Å². The van der Waals surface area contributed by atoms with Gasteiger partial charge in [-0.3, -0.25) is 4.79 Å². The van der Waals surface area contributed by atoms with Gasteiger partial charge in [-0.05, 0) is 49.7 Å². The molecule has 0 saturated heterocycles. The first-order valence-electron chi connectivity index (χ1n) is 6.96. The third-order valence-corrected chi connectivity index (χ3v) is 3.16. The zero-order valence-electron chi connectivity index (χ0n) is 12.6. The molecule has 0 fully saturated rings. The van der Waals surface area contributed by atoms with Crippen LogP contribution < -0.4 is 15.4 Å². The first kappa shape index (κ1) is 14.9. The normalized spacial score (nSPS) is 10.0. The maximum atomic E-state index is 12.3. The molecule has 110 valence electrons. The Morgan fingerprint density at radius 2 is 2.00 bits per heavy atom. The molecule has 2 aromatic rings. The number of nitrogens with one attached hydrogen (secondary N) is 2. The van der Waals surface area contributed by atoms with Gasteiger partial charge >= 0.3 is 0 Å². The number of amides is 1. The lowest BCUT2D eigenvalue weighted by atomic mass is 10.1. The molecule has 2 aromatic carbocycles. The average Bonchev–Trinajstić information content (AvgIpc) is 2.48. The molecule has 0 spiro atoms. The van der Waals surface area contributed by atoms with Gasteiger partial charge in [0.25, 0.3) is 5.91 Å². The number of hydrogen-bond acceptors (Lipinski definition) is 3. The van der Waals surface area contributed by atoms with Gasteiger partial charge < -0.3 is 15.4 Å². The maximum absolute atomic E-state index is 12.3. The highest BCUT2D eigenvalue weighted by atomic mass is 16.5. The molecule has 0 heterocycles. The summed E-state index contributed by atoms with van der Waals surface area (Å²) < 4.78 is 5.42. The Morgan fingerprint density at radius 1 is 1.19 bits per heavy atom. The molecule has 0 aromatic heterocycles. The van der Waals surface area contributed by atoms with Gasteiger partial charge in [0, 0.05) is 30.1 Å². The molecular formula is C17H20N2O2. The summed E-state index contributed by atoms with van der Waals surface area (Å²) in [6.07, 6.45) is 0. The van der Waals surface area contributed by atoms with Crippen LogP contribution >= 0.6 is 0 Å². The van der Waals surface area contributed by atoms with Crippen molar-refractivity contribution >= 4 is 17.3 Å². The van der Waals surface area contributed by atoms with Crippen molar-refractivity contribution in [2.24, 2.45) is 0 Å². The van der Waals surface area contributed by atoms with Crippen molar-refractivity contribution in [1.29, 1.82) is 0 Å². The number of benzene rings is 2. The van der Waals surface area contributed by atoms with Crippen molar-refractivity contribution in [3.8, 4) is 5.75 Å². The topological polar surface area (TPSA) is 50.4 Å². The molecule has 0 aliphatic carbocycles. The van der Waals surface area contributed by atoms with Gasteiger partial charge in [-0.25, -0.2) is 0 Å². The molecule has 1 amide bonds. The molecule has 0 atom stereocenters. The summed E-state index contributed by atoms with van der Waals surface area (Å²) in [7, 11) is 1.86. The molecule has 0 radical (unpaired) electrons. The van der Waals surface area contributed by atoms with Crippen LogP contribution in [-0.4, -0.2) is 19.6 Å². The Labute approximate surface area is 125 Å². The van der Waals surface area contributed by atoms with Gasteiger partial charge in [-0.1, -0.05) is 6.07 Å². The van der Waals surface area contributed by atoms with Gasteiger partial charge in [-0.15, -0.1) is 0 Å². The van der Waals surface area contributed by atoms with E-state index in [2.05, 4.69) is 10.6 Å². The van der Waals surface area contributed by atoms with Crippen LogP contribution in [0, 0.1) is 6.92 Å². The summed E-state index contributed by atoms with van der Waals surface area (Å²) in [5, 5.41) is 5.97. The lowest BCUT2D eigenvalue weighted by Crippen LogP contribution is -2.12. The Balaban J connectivity index is 2.14. The van der Waals surface area contributed by atoms with Crippen LogP contribution in [0.15, 0.2) is 42.5 Å². The Kier molecular flexibility index (Phi) is 4.82. The number of hydrogen-bond donors (Lipinski definition) is 2. The second-order valence-corrected chi connectivity index (χ2v) is 4.69. The predicted octanol–water partition coefficient (Wildman–Crippen LogP) is 3.69. The number of rotatable bonds is 5. The van der Waals surface area contributed by atoms with Gasteiger partial charge in [0.15, 0.2) is 0 Å². The molecule has 21 heavy (non-hydrogen) atoms. The monoisotopic (exact) mass is 284 g/mol. The third kappa shape index (κ3) is 3.75. The van der Waals surface area contributed by atoms with Gasteiger partial charge in [0.2, 0.25) is 0 Å². The molecule has 2 N–H and O–H groups in total. The molecule has 0 saturated carbocycles. The average molecular weight is 284 g/mol. The number of aryl methyl sites for hydroxylation is 1. The van der Waals surface area contributed by atoms with Crippen molar-refractivity contribution in [3.63, 3.8) is 0 Å². The first-order chi connectivity index (χ1) is 10.1. The highest BCUT2D eigenvalue weighted by Gasteiger charge is 2.08. The van der Waals surface area contributed by atoms with Crippen molar-refractivity contribution < 1.29 is 9.53 Å². The van der Waals surface area contributed by atoms with E-state index in [1.54, 1.807) is 6.07 Å². The fourth-order valence-corrected chi connectivity index (χ4v) is 2.12. The van der Waals surface area contributed by atoms with Crippen LogP contribution in [0.3, 0.4) is 0 Å². The lowest BCUT2D eigenvalue weighted by molar-refractivity contribution is 0.102. The Bertz CT molecular complexity index is 638. The lowest BCUT2D eigenvalue weighted by Gasteiger charge is -2.10. The van der Waals surface area contributed by atoms with E-state index >= 15 is 0 Å². The maximum Gasteiger partial charge on any atom is 0.255 e. The van der Waals surface area contributed by atoms with E-state index in [1.165, 1.54) is 0 Å². The molecule has 0 aliphatic heterocycles. The molecule has 4 nitrogen and oxygen atoms in total. The summed E-state index contributed by atoms with van der Waals surface area (Å²) in [5.41, 5.74) is 3.41. The minimum Gasteiger partial charge on any atom is -0.494 e. The highest BCUT2D eigenvalue weighted by molar-refractivity contribution is 6.04. The van der Waals surface area contributed by atoms with E-state index in [4.69, 9.17) is 4.74 Å². The minimum atomic E-state index is -0.130. The summed E-state index contributed by atoms with van der Waals surface area (Å²) in [6.45, 7) is 4.50. The third-order valence-electron chi connectivity index (χ3n) is 3.16. The van der Waals surface area contributed by atoms with Crippen LogP contribution in [0.2, 0.25) is 0 Å². The van der Waals surface area contributed by atoms with Crippen molar-refractivity contribution in [2.75, 3.05) is 24.3 Å². The first-order valence-corrected chi connectivity index (χ1v) is 6.96. The summed E-state index contributed by atoms with van der Waals surface area (Å²) in [6, 6.07) is 13.0. The van der Waals surface area contributed by atoms with Crippen molar-refractivity contribution in [2.45, 2.75) is 13.8 Å². The Hall–Kier alpha value is -2.49. The smallest absolute Gasteiger partial charge is 0.255 e. The molecule has 4 heteroatoms. The van der Waals surface area contributed by atoms with E-state index in [-0.39, 0.29) is 5.91 Å².